The van der Waals surface area contributed by atoms with Crippen LogP contribution >= 0.6 is 11.6 Å². The summed E-state index contributed by atoms with van der Waals surface area (Å²) in [5.41, 5.74) is 10.2. The quantitative estimate of drug-likeness (QED) is 0.201. The highest BCUT2D eigenvalue weighted by Crippen LogP contribution is 2.23. The van der Waals surface area contributed by atoms with Gasteiger partial charge < -0.3 is 10.5 Å². The Kier molecular flexibility index (Phi) is 7.46. The molecule has 0 fully saturated rings. The number of nitrogens with two attached hydrogens (primary N) is 1. The molecule has 33 heavy (non-hydrogen) atoms. The summed E-state index contributed by atoms with van der Waals surface area (Å²) in [6, 6.07) is 27.7. The van der Waals surface area contributed by atoms with Gasteiger partial charge in [0.25, 0.3) is 0 Å². The Balaban J connectivity index is 1.49. The fraction of sp³-hybridized carbons (Fsp3) is 0.0741. The third kappa shape index (κ3) is 6.28. The molecule has 4 aromatic rings. The number of benzene rings is 3. The summed E-state index contributed by atoms with van der Waals surface area (Å²) in [7, 11) is 0. The van der Waals surface area contributed by atoms with Crippen LogP contribution in [0.2, 0.25) is 5.02 Å². The van der Waals surface area contributed by atoms with E-state index in [1.165, 1.54) is 12.7 Å². The van der Waals surface area contributed by atoms with Crippen molar-refractivity contribution in [3.05, 3.63) is 107 Å². The minimum absolute atomic E-state index is 0.402. The molecule has 2 N–H and O–H groups in total. The first-order chi connectivity index (χ1) is 16.2. The Labute approximate surface area is 197 Å². The molecule has 0 aliphatic rings. The Morgan fingerprint density at radius 1 is 0.939 bits per heavy atom. The van der Waals surface area contributed by atoms with Crippen LogP contribution in [0, 0.1) is 0 Å². The van der Waals surface area contributed by atoms with Gasteiger partial charge in [0.15, 0.2) is 0 Å². The smallest absolute Gasteiger partial charge is 0.130 e. The maximum Gasteiger partial charge on any atom is 0.130 e. The third-order valence-corrected chi connectivity index (χ3v) is 5.23. The standard InChI is InChI=1S/C27H23ClN4O/c28-24-10-5-20(6-11-24)15-23(16-30-19-31-18-29)21-8-13-26(14-9-21)33-17-25-12-7-22-3-1-2-4-27(22)32-25/h1-15,18-19H,16-17H2,(H2,29,30,31)/b23-15-. The highest BCUT2D eigenvalue weighted by atomic mass is 35.5. The van der Waals surface area contributed by atoms with Crippen molar-refractivity contribution in [1.82, 2.24) is 4.98 Å². The van der Waals surface area contributed by atoms with E-state index in [9.17, 15) is 0 Å². The van der Waals surface area contributed by atoms with E-state index in [1.54, 1.807) is 0 Å². The number of aromatic nitrogens is 1. The van der Waals surface area contributed by atoms with Crippen LogP contribution in [0.4, 0.5) is 0 Å². The molecule has 4 rings (SSSR count). The Bertz CT molecular complexity index is 1300. The van der Waals surface area contributed by atoms with Crippen molar-refractivity contribution in [2.45, 2.75) is 6.61 Å². The van der Waals surface area contributed by atoms with Gasteiger partial charge in [-0.1, -0.05) is 60.1 Å². The number of pyridine rings is 1. The van der Waals surface area contributed by atoms with Gasteiger partial charge in [-0.25, -0.2) is 9.98 Å². The predicted molar refractivity (Wildman–Crippen MR) is 138 cm³/mol. The van der Waals surface area contributed by atoms with E-state index in [0.29, 0.717) is 18.2 Å². The van der Waals surface area contributed by atoms with Crippen molar-refractivity contribution in [1.29, 1.82) is 0 Å². The fourth-order valence-corrected chi connectivity index (χ4v) is 3.44. The van der Waals surface area contributed by atoms with Gasteiger partial charge in [0, 0.05) is 10.4 Å². The van der Waals surface area contributed by atoms with E-state index < -0.39 is 0 Å². The van der Waals surface area contributed by atoms with Gasteiger partial charge in [-0.15, -0.1) is 0 Å². The molecule has 0 bridgehead atoms. The van der Waals surface area contributed by atoms with Crippen molar-refractivity contribution >= 4 is 46.8 Å². The molecule has 1 heterocycles. The van der Waals surface area contributed by atoms with E-state index in [-0.39, 0.29) is 0 Å². The molecule has 0 aliphatic carbocycles. The van der Waals surface area contributed by atoms with E-state index in [0.717, 1.165) is 39.0 Å². The summed E-state index contributed by atoms with van der Waals surface area (Å²) in [4.78, 5) is 12.8. The number of hydrogen-bond acceptors (Lipinski definition) is 3. The lowest BCUT2D eigenvalue weighted by Gasteiger charge is -2.09. The molecule has 3 aromatic carbocycles. The second kappa shape index (κ2) is 11.1. The van der Waals surface area contributed by atoms with Crippen molar-refractivity contribution < 1.29 is 4.74 Å². The minimum Gasteiger partial charge on any atom is -0.487 e. The summed E-state index contributed by atoms with van der Waals surface area (Å²) in [5.74, 6) is 0.774. The Morgan fingerprint density at radius 2 is 1.73 bits per heavy atom. The number of rotatable bonds is 8. The molecule has 0 radical (unpaired) electrons. The molecule has 5 nitrogen and oxygen atoms in total. The first-order valence-corrected chi connectivity index (χ1v) is 10.8. The lowest BCUT2D eigenvalue weighted by molar-refractivity contribution is 0.302. The number of para-hydroxylation sites is 1. The van der Waals surface area contributed by atoms with Crippen LogP contribution in [-0.4, -0.2) is 24.2 Å². The number of ether oxygens (including phenoxy) is 1. The summed E-state index contributed by atoms with van der Waals surface area (Å²) >= 11 is 6.01. The Hall–Kier alpha value is -3.96. The molecule has 0 spiro atoms. The third-order valence-electron chi connectivity index (χ3n) is 4.97. The van der Waals surface area contributed by atoms with Gasteiger partial charge in [-0.05, 0) is 59.2 Å². The normalized spacial score (nSPS) is 12.1. The number of fused-ring (bicyclic) bond motifs is 1. The lowest BCUT2D eigenvalue weighted by Crippen LogP contribution is -1.98. The van der Waals surface area contributed by atoms with Crippen LogP contribution < -0.4 is 10.5 Å². The zero-order chi connectivity index (χ0) is 22.9. The number of hydrogen-bond donors (Lipinski definition) is 1. The number of aliphatic imine (C=N–C) groups is 2. The predicted octanol–water partition coefficient (Wildman–Crippen LogP) is 6.02. The molecule has 0 amide bonds. The zero-order valence-electron chi connectivity index (χ0n) is 17.9. The van der Waals surface area contributed by atoms with Crippen LogP contribution in [0.25, 0.3) is 22.6 Å². The molecule has 0 saturated heterocycles. The van der Waals surface area contributed by atoms with Crippen LogP contribution in [0.3, 0.4) is 0 Å². The molecule has 0 atom stereocenters. The second-order valence-corrected chi connectivity index (χ2v) is 7.72. The summed E-state index contributed by atoms with van der Waals surface area (Å²) in [6.45, 7) is 0.861. The summed E-state index contributed by atoms with van der Waals surface area (Å²) in [5, 5.41) is 1.82. The first kappa shape index (κ1) is 22.2. The van der Waals surface area contributed by atoms with Crippen LogP contribution in [0.5, 0.6) is 5.75 Å². The lowest BCUT2D eigenvalue weighted by atomic mass is 10.0. The van der Waals surface area contributed by atoms with E-state index in [1.807, 2.05) is 78.9 Å². The first-order valence-electron chi connectivity index (χ1n) is 10.5. The van der Waals surface area contributed by atoms with Crippen molar-refractivity contribution in [3.63, 3.8) is 0 Å². The minimum atomic E-state index is 0.402. The van der Waals surface area contributed by atoms with Gasteiger partial charge >= 0.3 is 0 Å². The van der Waals surface area contributed by atoms with Crippen LogP contribution in [0.1, 0.15) is 16.8 Å². The maximum atomic E-state index is 6.01. The molecule has 0 aliphatic heterocycles. The molecular weight excluding hydrogens is 432 g/mol. The molecular formula is C27H23ClN4O. The SMILES string of the molecule is NC=NC=NC/C(=C/c1ccc(Cl)cc1)c1ccc(OCc2ccc3ccccc3n2)cc1. The van der Waals surface area contributed by atoms with E-state index >= 15 is 0 Å². The highest BCUT2D eigenvalue weighted by molar-refractivity contribution is 6.30. The van der Waals surface area contributed by atoms with Crippen molar-refractivity contribution in [3.8, 4) is 5.75 Å². The van der Waals surface area contributed by atoms with Gasteiger partial charge in [0.1, 0.15) is 18.7 Å². The van der Waals surface area contributed by atoms with Crippen LogP contribution in [-0.2, 0) is 6.61 Å². The molecule has 1 aromatic heterocycles. The van der Waals surface area contributed by atoms with E-state index in [4.69, 9.17) is 22.1 Å². The Morgan fingerprint density at radius 3 is 2.52 bits per heavy atom. The highest BCUT2D eigenvalue weighted by Gasteiger charge is 2.04. The van der Waals surface area contributed by atoms with Crippen molar-refractivity contribution in [2.75, 3.05) is 6.54 Å². The van der Waals surface area contributed by atoms with Crippen LogP contribution in [0.15, 0.2) is 94.9 Å². The zero-order valence-corrected chi connectivity index (χ0v) is 18.7. The van der Waals surface area contributed by atoms with Gasteiger partial charge in [-0.3, -0.25) is 4.99 Å². The number of nitrogens with zero attached hydrogens (tertiary/aromatic N) is 3. The monoisotopic (exact) mass is 454 g/mol. The molecule has 164 valence electrons. The van der Waals surface area contributed by atoms with Gasteiger partial charge in [0.05, 0.1) is 24.1 Å². The maximum absolute atomic E-state index is 6.01. The average molecular weight is 455 g/mol. The summed E-state index contributed by atoms with van der Waals surface area (Å²) < 4.78 is 5.96. The second-order valence-electron chi connectivity index (χ2n) is 7.28. The largest absolute Gasteiger partial charge is 0.487 e. The summed E-state index contributed by atoms with van der Waals surface area (Å²) in [6.07, 6.45) is 4.74. The molecule has 0 saturated carbocycles. The number of halogens is 1. The van der Waals surface area contributed by atoms with Gasteiger partial charge in [-0.2, -0.15) is 0 Å². The molecule has 0 unspecified atom stereocenters. The molecule has 6 heteroatoms. The van der Waals surface area contributed by atoms with Crippen molar-refractivity contribution in [2.24, 2.45) is 15.7 Å². The topological polar surface area (TPSA) is 72.9 Å². The average Bonchev–Trinajstić information content (AvgIpc) is 2.86. The van der Waals surface area contributed by atoms with E-state index in [2.05, 4.69) is 27.1 Å². The van der Waals surface area contributed by atoms with Gasteiger partial charge in [0.2, 0.25) is 0 Å². The fourth-order valence-electron chi connectivity index (χ4n) is 3.32.